The van der Waals surface area contributed by atoms with Crippen LogP contribution in [0.4, 0.5) is 11.4 Å². The third-order valence-corrected chi connectivity index (χ3v) is 3.15. The average Bonchev–Trinajstić information content (AvgIpc) is 3.11. The second-order valence-corrected chi connectivity index (χ2v) is 4.99. The molecule has 0 aliphatic rings. The van der Waals surface area contributed by atoms with Crippen LogP contribution in [0.5, 0.6) is 5.88 Å². The summed E-state index contributed by atoms with van der Waals surface area (Å²) < 4.78 is 5.03. The highest BCUT2D eigenvalue weighted by Gasteiger charge is 1.94. The molecule has 25 heavy (non-hydrogen) atoms. The van der Waals surface area contributed by atoms with Crippen LogP contribution in [0.1, 0.15) is 18.1 Å². The molecule has 0 unspecified atom stereocenters. The molecule has 3 aromatic rings. The Balaban J connectivity index is 0.000000295. The first kappa shape index (κ1) is 20.2. The SMILES string of the molecule is CCOc1ccn[nH]1.Nc1ccc(C=Cc2ccccc2)cc1N.S. The first-order valence-electron chi connectivity index (χ1n) is 7.69. The summed E-state index contributed by atoms with van der Waals surface area (Å²) in [5, 5.41) is 6.36. The van der Waals surface area contributed by atoms with E-state index in [1.54, 1.807) is 12.3 Å². The van der Waals surface area contributed by atoms with Crippen molar-refractivity contribution >= 4 is 37.0 Å². The topological polar surface area (TPSA) is 89.9 Å². The summed E-state index contributed by atoms with van der Waals surface area (Å²) in [6, 6.07) is 17.5. The van der Waals surface area contributed by atoms with Crippen molar-refractivity contribution in [3.63, 3.8) is 0 Å². The quantitative estimate of drug-likeness (QED) is 0.488. The second-order valence-electron chi connectivity index (χ2n) is 4.99. The zero-order valence-corrected chi connectivity index (χ0v) is 15.1. The number of hydrogen-bond acceptors (Lipinski definition) is 4. The highest BCUT2D eigenvalue weighted by Crippen LogP contribution is 2.17. The lowest BCUT2D eigenvalue weighted by atomic mass is 10.1. The van der Waals surface area contributed by atoms with E-state index in [0.29, 0.717) is 18.0 Å². The number of hydrogen-bond donors (Lipinski definition) is 3. The molecule has 0 saturated heterocycles. The number of aromatic nitrogens is 2. The Morgan fingerprint density at radius 2 is 1.68 bits per heavy atom. The molecular formula is C19H24N4OS. The first-order valence-corrected chi connectivity index (χ1v) is 7.69. The van der Waals surface area contributed by atoms with Crippen LogP contribution in [0, 0.1) is 0 Å². The molecule has 0 aliphatic carbocycles. The largest absolute Gasteiger partial charge is 0.478 e. The van der Waals surface area contributed by atoms with Gasteiger partial charge in [0.2, 0.25) is 5.88 Å². The van der Waals surface area contributed by atoms with Crippen LogP contribution in [-0.2, 0) is 0 Å². The van der Waals surface area contributed by atoms with E-state index in [2.05, 4.69) is 22.3 Å². The van der Waals surface area contributed by atoms with Crippen LogP contribution in [0.15, 0.2) is 60.8 Å². The molecule has 0 radical (unpaired) electrons. The van der Waals surface area contributed by atoms with Crippen LogP contribution < -0.4 is 16.2 Å². The minimum atomic E-state index is 0. The third kappa shape index (κ3) is 7.05. The molecule has 5 nitrogen and oxygen atoms in total. The maximum Gasteiger partial charge on any atom is 0.208 e. The molecule has 2 aromatic carbocycles. The van der Waals surface area contributed by atoms with Gasteiger partial charge in [-0.2, -0.15) is 18.6 Å². The molecule has 1 heterocycles. The fraction of sp³-hybridized carbons (Fsp3) is 0.105. The van der Waals surface area contributed by atoms with Crippen molar-refractivity contribution in [2.45, 2.75) is 6.92 Å². The number of nitrogens with zero attached hydrogens (tertiary/aromatic N) is 1. The Morgan fingerprint density at radius 1 is 0.960 bits per heavy atom. The number of nitrogens with one attached hydrogen (secondary N) is 1. The number of nitrogen functional groups attached to an aromatic ring is 2. The van der Waals surface area contributed by atoms with Gasteiger partial charge >= 0.3 is 0 Å². The lowest BCUT2D eigenvalue weighted by Gasteiger charge is -2.00. The highest BCUT2D eigenvalue weighted by molar-refractivity contribution is 7.59. The molecule has 0 saturated carbocycles. The lowest BCUT2D eigenvalue weighted by molar-refractivity contribution is 0.326. The van der Waals surface area contributed by atoms with Crippen LogP contribution in [0.2, 0.25) is 0 Å². The monoisotopic (exact) mass is 356 g/mol. The van der Waals surface area contributed by atoms with Crippen LogP contribution in [-0.4, -0.2) is 16.8 Å². The van der Waals surface area contributed by atoms with Gasteiger partial charge in [-0.05, 0) is 30.2 Å². The van der Waals surface area contributed by atoms with E-state index in [0.717, 1.165) is 17.0 Å². The molecule has 0 bridgehead atoms. The number of anilines is 2. The molecule has 3 rings (SSSR count). The molecule has 6 heteroatoms. The van der Waals surface area contributed by atoms with E-state index < -0.39 is 0 Å². The van der Waals surface area contributed by atoms with Crippen molar-refractivity contribution < 1.29 is 4.74 Å². The Bertz CT molecular complexity index is 758. The maximum atomic E-state index is 5.73. The number of aromatic amines is 1. The van der Waals surface area contributed by atoms with E-state index in [-0.39, 0.29) is 13.5 Å². The van der Waals surface area contributed by atoms with E-state index in [1.807, 2.05) is 55.5 Å². The normalized spacial score (nSPS) is 9.80. The summed E-state index contributed by atoms with van der Waals surface area (Å²) in [5.41, 5.74) is 14.8. The number of ether oxygens (including phenoxy) is 1. The Morgan fingerprint density at radius 3 is 2.28 bits per heavy atom. The molecule has 0 atom stereocenters. The number of nitrogens with two attached hydrogens (primary N) is 2. The van der Waals surface area contributed by atoms with Crippen LogP contribution >= 0.6 is 13.5 Å². The van der Waals surface area contributed by atoms with Gasteiger partial charge < -0.3 is 16.2 Å². The molecule has 132 valence electrons. The summed E-state index contributed by atoms with van der Waals surface area (Å²) in [6.45, 7) is 2.61. The van der Waals surface area contributed by atoms with Crippen molar-refractivity contribution in [3.8, 4) is 5.88 Å². The summed E-state index contributed by atoms with van der Waals surface area (Å²) in [5.74, 6) is 0.729. The van der Waals surface area contributed by atoms with Crippen LogP contribution in [0.25, 0.3) is 12.2 Å². The molecule has 0 aliphatic heterocycles. The van der Waals surface area contributed by atoms with Gasteiger partial charge in [-0.3, -0.25) is 0 Å². The average molecular weight is 356 g/mol. The van der Waals surface area contributed by atoms with Gasteiger partial charge in [-0.1, -0.05) is 48.6 Å². The fourth-order valence-electron chi connectivity index (χ4n) is 1.93. The first-order chi connectivity index (χ1) is 11.7. The minimum Gasteiger partial charge on any atom is -0.478 e. The smallest absolute Gasteiger partial charge is 0.208 e. The Hall–Kier alpha value is -2.86. The maximum absolute atomic E-state index is 5.73. The van der Waals surface area contributed by atoms with E-state index in [9.17, 15) is 0 Å². The molecule has 0 spiro atoms. The number of rotatable bonds is 4. The number of H-pyrrole nitrogens is 1. The van der Waals surface area contributed by atoms with Gasteiger partial charge in [0.15, 0.2) is 0 Å². The zero-order valence-electron chi connectivity index (χ0n) is 14.1. The molecule has 5 N–H and O–H groups in total. The van der Waals surface area contributed by atoms with E-state index in [4.69, 9.17) is 16.2 Å². The summed E-state index contributed by atoms with van der Waals surface area (Å²) in [7, 11) is 0. The predicted molar refractivity (Wildman–Crippen MR) is 111 cm³/mol. The minimum absolute atomic E-state index is 0. The van der Waals surface area contributed by atoms with Crippen molar-refractivity contribution in [3.05, 3.63) is 71.9 Å². The van der Waals surface area contributed by atoms with Gasteiger partial charge in [0, 0.05) is 6.07 Å². The van der Waals surface area contributed by atoms with Crippen molar-refractivity contribution in [1.82, 2.24) is 10.2 Å². The van der Waals surface area contributed by atoms with Gasteiger partial charge in [0.25, 0.3) is 0 Å². The van der Waals surface area contributed by atoms with Crippen molar-refractivity contribution in [1.29, 1.82) is 0 Å². The number of benzene rings is 2. The summed E-state index contributed by atoms with van der Waals surface area (Å²) >= 11 is 0. The van der Waals surface area contributed by atoms with E-state index in [1.165, 1.54) is 0 Å². The van der Waals surface area contributed by atoms with Gasteiger partial charge in [-0.25, -0.2) is 5.10 Å². The predicted octanol–water partition coefficient (Wildman–Crippen LogP) is 3.94. The lowest BCUT2D eigenvalue weighted by Crippen LogP contribution is -1.93. The Labute approximate surface area is 155 Å². The van der Waals surface area contributed by atoms with Crippen molar-refractivity contribution in [2.75, 3.05) is 18.1 Å². The highest BCUT2D eigenvalue weighted by atomic mass is 32.1. The third-order valence-electron chi connectivity index (χ3n) is 3.15. The zero-order chi connectivity index (χ0) is 17.2. The standard InChI is InChI=1S/C14H14N2.C5H8N2O.H2S/c15-13-9-8-12(10-14(13)16)7-6-11-4-2-1-3-5-11;1-2-8-5-3-4-6-7-5;/h1-10H,15-16H2;3-4H,2H2,1H3,(H,6,7);1H2. The molecule has 1 aromatic heterocycles. The van der Waals surface area contributed by atoms with Crippen LogP contribution in [0.3, 0.4) is 0 Å². The second kappa shape index (κ2) is 10.8. The van der Waals surface area contributed by atoms with Crippen molar-refractivity contribution in [2.24, 2.45) is 0 Å². The van der Waals surface area contributed by atoms with Gasteiger partial charge in [0.05, 0.1) is 24.2 Å². The van der Waals surface area contributed by atoms with Gasteiger partial charge in [-0.15, -0.1) is 0 Å². The van der Waals surface area contributed by atoms with Gasteiger partial charge in [0.1, 0.15) is 0 Å². The summed E-state index contributed by atoms with van der Waals surface area (Å²) in [6.07, 6.45) is 5.72. The molecule has 0 fully saturated rings. The van der Waals surface area contributed by atoms with E-state index >= 15 is 0 Å². The molecule has 0 amide bonds. The fourth-order valence-corrected chi connectivity index (χ4v) is 1.93. The molecular weight excluding hydrogens is 332 g/mol. The summed E-state index contributed by atoms with van der Waals surface area (Å²) in [4.78, 5) is 0. The Kier molecular flexibility index (Phi) is 8.74.